The smallest absolute Gasteiger partial charge is 0.269 e. The molecule has 132 valence electrons. The van der Waals surface area contributed by atoms with E-state index in [0.29, 0.717) is 24.3 Å². The van der Waals surface area contributed by atoms with Gasteiger partial charge in [-0.1, -0.05) is 24.3 Å². The second-order valence-electron chi connectivity index (χ2n) is 5.67. The number of rotatable bonds is 6. The summed E-state index contributed by atoms with van der Waals surface area (Å²) in [5.41, 5.74) is 2.12. The zero-order valence-electron chi connectivity index (χ0n) is 13.9. The number of para-hydroxylation sites is 1. The summed E-state index contributed by atoms with van der Waals surface area (Å²) in [4.78, 5) is 16.2. The van der Waals surface area contributed by atoms with Crippen LogP contribution in [0.2, 0.25) is 0 Å². The summed E-state index contributed by atoms with van der Waals surface area (Å²) >= 11 is 0. The number of nitrogens with zero attached hydrogens (tertiary/aromatic N) is 1. The predicted molar refractivity (Wildman–Crippen MR) is 96.4 cm³/mol. The highest BCUT2D eigenvalue weighted by Gasteiger charge is 2.07. The third-order valence-corrected chi connectivity index (χ3v) is 3.76. The van der Waals surface area contributed by atoms with Gasteiger partial charge < -0.3 is 10.6 Å². The number of hydrogen-bond donors (Lipinski definition) is 2. The van der Waals surface area contributed by atoms with Gasteiger partial charge in [-0.2, -0.15) is 0 Å². The monoisotopic (exact) mass is 353 g/mol. The molecule has 0 unspecified atom stereocenters. The molecule has 0 aliphatic heterocycles. The Bertz CT molecular complexity index is 880. The summed E-state index contributed by atoms with van der Waals surface area (Å²) in [6.07, 6.45) is 2.07. The molecule has 0 saturated heterocycles. The number of nitrogens with one attached hydrogen (secondary N) is 2. The highest BCUT2D eigenvalue weighted by Crippen LogP contribution is 2.18. The third kappa shape index (κ3) is 4.63. The Kier molecular flexibility index (Phi) is 5.53. The number of amides is 1. The van der Waals surface area contributed by atoms with Gasteiger partial charge in [0.15, 0.2) is 0 Å². The lowest BCUT2D eigenvalue weighted by Gasteiger charge is -2.08. The molecule has 4 nitrogen and oxygen atoms in total. The van der Waals surface area contributed by atoms with Crippen molar-refractivity contribution in [1.29, 1.82) is 0 Å². The second-order valence-corrected chi connectivity index (χ2v) is 5.67. The van der Waals surface area contributed by atoms with E-state index in [0.717, 1.165) is 5.56 Å². The van der Waals surface area contributed by atoms with Crippen molar-refractivity contribution in [3.8, 4) is 0 Å². The maximum atomic E-state index is 13.6. The molecule has 0 aliphatic carbocycles. The first kappa shape index (κ1) is 17.5. The quantitative estimate of drug-likeness (QED) is 0.702. The molecular formula is C20H17F2N3O. The van der Waals surface area contributed by atoms with Crippen LogP contribution in [0.3, 0.4) is 0 Å². The zero-order chi connectivity index (χ0) is 18.4. The lowest BCUT2D eigenvalue weighted by Crippen LogP contribution is -2.26. The van der Waals surface area contributed by atoms with Gasteiger partial charge in [-0.25, -0.2) is 13.8 Å². The summed E-state index contributed by atoms with van der Waals surface area (Å²) in [6.45, 7) is 0.418. The first-order valence-corrected chi connectivity index (χ1v) is 8.12. The van der Waals surface area contributed by atoms with Gasteiger partial charge in [0.25, 0.3) is 5.91 Å². The lowest BCUT2D eigenvalue weighted by atomic mass is 10.1. The van der Waals surface area contributed by atoms with Crippen LogP contribution < -0.4 is 10.6 Å². The van der Waals surface area contributed by atoms with E-state index in [1.165, 1.54) is 24.4 Å². The maximum absolute atomic E-state index is 13.6. The fourth-order valence-corrected chi connectivity index (χ4v) is 2.38. The molecule has 0 atom stereocenters. The van der Waals surface area contributed by atoms with E-state index in [-0.39, 0.29) is 23.2 Å². The molecule has 26 heavy (non-hydrogen) atoms. The molecule has 0 radical (unpaired) electrons. The molecule has 0 fully saturated rings. The van der Waals surface area contributed by atoms with Gasteiger partial charge in [0.2, 0.25) is 0 Å². The van der Waals surface area contributed by atoms with Crippen molar-refractivity contribution in [2.24, 2.45) is 0 Å². The van der Waals surface area contributed by atoms with Gasteiger partial charge in [0, 0.05) is 6.54 Å². The largest absolute Gasteiger partial charge is 0.352 e. The first-order chi connectivity index (χ1) is 12.6. The number of aromatic nitrogens is 1. The van der Waals surface area contributed by atoms with Crippen molar-refractivity contribution < 1.29 is 13.6 Å². The molecular weight excluding hydrogens is 336 g/mol. The number of benzene rings is 2. The van der Waals surface area contributed by atoms with Crippen LogP contribution in [0.1, 0.15) is 16.1 Å². The van der Waals surface area contributed by atoms with E-state index in [1.54, 1.807) is 42.5 Å². The Morgan fingerprint density at radius 2 is 1.73 bits per heavy atom. The normalized spacial score (nSPS) is 10.4. The molecule has 0 spiro atoms. The zero-order valence-corrected chi connectivity index (χ0v) is 13.9. The standard InChI is InChI=1S/C20H17F2N3O/c21-15-7-5-14(6-8-15)11-12-23-20(26)19-10-9-16(13-24-19)25-18-4-2-1-3-17(18)22/h1-10,13,25H,11-12H2,(H,23,26). The van der Waals surface area contributed by atoms with Crippen LogP contribution in [0.15, 0.2) is 66.9 Å². The van der Waals surface area contributed by atoms with Crippen LogP contribution in [-0.4, -0.2) is 17.4 Å². The van der Waals surface area contributed by atoms with E-state index >= 15 is 0 Å². The molecule has 0 saturated carbocycles. The Balaban J connectivity index is 1.53. The minimum atomic E-state index is -0.366. The Labute approximate surface area is 149 Å². The molecule has 1 amide bonds. The minimum Gasteiger partial charge on any atom is -0.352 e. The van der Waals surface area contributed by atoms with E-state index < -0.39 is 0 Å². The Morgan fingerprint density at radius 1 is 0.962 bits per heavy atom. The van der Waals surface area contributed by atoms with E-state index in [9.17, 15) is 13.6 Å². The summed E-state index contributed by atoms with van der Waals surface area (Å²) in [6, 6.07) is 15.7. The lowest BCUT2D eigenvalue weighted by molar-refractivity contribution is 0.0949. The Hall–Kier alpha value is -3.28. The van der Waals surface area contributed by atoms with Gasteiger partial charge in [-0.15, -0.1) is 0 Å². The highest BCUT2D eigenvalue weighted by molar-refractivity contribution is 5.92. The van der Waals surface area contributed by atoms with E-state index in [4.69, 9.17) is 0 Å². The van der Waals surface area contributed by atoms with E-state index in [1.807, 2.05) is 0 Å². The van der Waals surface area contributed by atoms with Crippen molar-refractivity contribution in [3.63, 3.8) is 0 Å². The van der Waals surface area contributed by atoms with Gasteiger partial charge in [0.1, 0.15) is 17.3 Å². The number of carbonyl (C=O) groups is 1. The molecule has 1 aromatic heterocycles. The van der Waals surface area contributed by atoms with Gasteiger partial charge in [-0.05, 0) is 48.4 Å². The SMILES string of the molecule is O=C(NCCc1ccc(F)cc1)c1ccc(Nc2ccccc2F)cn1. The Morgan fingerprint density at radius 3 is 2.42 bits per heavy atom. The molecule has 3 aromatic rings. The first-order valence-electron chi connectivity index (χ1n) is 8.12. The third-order valence-electron chi connectivity index (χ3n) is 3.76. The minimum absolute atomic E-state index is 0.267. The van der Waals surface area contributed by atoms with Crippen LogP contribution in [0, 0.1) is 11.6 Å². The summed E-state index contributed by atoms with van der Waals surface area (Å²) < 4.78 is 26.5. The van der Waals surface area contributed by atoms with Gasteiger partial charge in [0.05, 0.1) is 17.6 Å². The number of halogens is 2. The summed E-state index contributed by atoms with van der Waals surface area (Å²) in [7, 11) is 0. The fraction of sp³-hybridized carbons (Fsp3) is 0.100. The molecule has 3 rings (SSSR count). The van der Waals surface area contributed by atoms with Crippen LogP contribution in [0.4, 0.5) is 20.2 Å². The molecule has 6 heteroatoms. The number of pyridine rings is 1. The molecule has 0 aliphatic rings. The highest BCUT2D eigenvalue weighted by atomic mass is 19.1. The molecule has 1 heterocycles. The predicted octanol–water partition coefficient (Wildman–Crippen LogP) is 4.08. The van der Waals surface area contributed by atoms with Crippen molar-refractivity contribution in [2.45, 2.75) is 6.42 Å². The van der Waals surface area contributed by atoms with Gasteiger partial charge >= 0.3 is 0 Å². The molecule has 2 aromatic carbocycles. The van der Waals surface area contributed by atoms with Crippen LogP contribution in [-0.2, 0) is 6.42 Å². The summed E-state index contributed by atoms with van der Waals surface area (Å²) in [5, 5.41) is 5.67. The van der Waals surface area contributed by atoms with E-state index in [2.05, 4.69) is 15.6 Å². The van der Waals surface area contributed by atoms with Crippen molar-refractivity contribution in [1.82, 2.24) is 10.3 Å². The van der Waals surface area contributed by atoms with Crippen LogP contribution in [0.25, 0.3) is 0 Å². The molecule has 2 N–H and O–H groups in total. The maximum Gasteiger partial charge on any atom is 0.269 e. The molecule has 0 bridgehead atoms. The average Bonchev–Trinajstić information content (AvgIpc) is 2.66. The second kappa shape index (κ2) is 8.20. The number of anilines is 2. The van der Waals surface area contributed by atoms with Crippen molar-refractivity contribution in [2.75, 3.05) is 11.9 Å². The van der Waals surface area contributed by atoms with Crippen LogP contribution in [0.5, 0.6) is 0 Å². The van der Waals surface area contributed by atoms with Gasteiger partial charge in [-0.3, -0.25) is 4.79 Å². The number of hydrogen-bond acceptors (Lipinski definition) is 3. The summed E-state index contributed by atoms with van der Waals surface area (Å²) in [5.74, 6) is -0.953. The van der Waals surface area contributed by atoms with Crippen molar-refractivity contribution >= 4 is 17.3 Å². The topological polar surface area (TPSA) is 54.0 Å². The van der Waals surface area contributed by atoms with Crippen molar-refractivity contribution in [3.05, 3.63) is 89.8 Å². The average molecular weight is 353 g/mol. The van der Waals surface area contributed by atoms with Crippen LogP contribution >= 0.6 is 0 Å². The number of carbonyl (C=O) groups excluding carboxylic acids is 1. The fourth-order valence-electron chi connectivity index (χ4n) is 2.38.